The van der Waals surface area contributed by atoms with Crippen LogP contribution in [0.15, 0.2) is 0 Å². The number of nitrogens with zero attached hydrogens (tertiary/aromatic N) is 1. The molecule has 3 heterocycles. The Morgan fingerprint density at radius 1 is 1.38 bits per heavy atom. The van der Waals surface area contributed by atoms with Gasteiger partial charge in [-0.25, -0.2) is 4.79 Å². The van der Waals surface area contributed by atoms with Crippen LogP contribution >= 0.6 is 0 Å². The first-order chi connectivity index (χ1) is 6.20. The maximum Gasteiger partial charge on any atom is 0.407 e. The maximum absolute atomic E-state index is 10.9. The molecule has 3 atom stereocenters. The Bertz CT molecular complexity index is 246. The van der Waals surface area contributed by atoms with E-state index in [4.69, 9.17) is 9.84 Å². The van der Waals surface area contributed by atoms with Gasteiger partial charge < -0.3 is 14.7 Å². The molecule has 1 N–H and O–H groups in total. The second-order valence-corrected chi connectivity index (χ2v) is 4.45. The number of carboxylic acid groups (broad SMARTS) is 1. The quantitative estimate of drug-likeness (QED) is 0.571. The highest BCUT2D eigenvalue weighted by Gasteiger charge is 2.57. The lowest BCUT2D eigenvalue weighted by Crippen LogP contribution is -2.48. The van der Waals surface area contributed by atoms with E-state index >= 15 is 0 Å². The smallest absolute Gasteiger partial charge is 0.407 e. The number of rotatable bonds is 0. The maximum atomic E-state index is 10.9. The lowest BCUT2D eigenvalue weighted by Gasteiger charge is -2.35. The van der Waals surface area contributed by atoms with Gasteiger partial charge in [-0.1, -0.05) is 0 Å². The van der Waals surface area contributed by atoms with Gasteiger partial charge in [0.2, 0.25) is 0 Å². The van der Waals surface area contributed by atoms with Crippen LogP contribution in [0.4, 0.5) is 4.79 Å². The number of hydrogen-bond donors (Lipinski definition) is 1. The van der Waals surface area contributed by atoms with E-state index in [1.165, 1.54) is 0 Å². The van der Waals surface area contributed by atoms with Crippen LogP contribution in [-0.2, 0) is 4.74 Å². The monoisotopic (exact) mass is 183 g/mol. The standard InChI is InChI=1S/C9H13NO3/c11-8(12)10-6-1-2-7(10)4-9(3-6)5-13-9/h6-7H,1-5H2,(H,11,12)/t6-,7+,9-. The van der Waals surface area contributed by atoms with Crippen LogP contribution in [0.5, 0.6) is 0 Å². The summed E-state index contributed by atoms with van der Waals surface area (Å²) in [7, 11) is 0. The molecule has 0 aromatic rings. The van der Waals surface area contributed by atoms with Crippen LogP contribution < -0.4 is 0 Å². The number of hydrogen-bond acceptors (Lipinski definition) is 2. The highest BCUT2D eigenvalue weighted by molar-refractivity contribution is 5.66. The first-order valence-corrected chi connectivity index (χ1v) is 4.85. The van der Waals surface area contributed by atoms with Crippen LogP contribution in [-0.4, -0.2) is 40.4 Å². The molecule has 3 rings (SSSR count). The van der Waals surface area contributed by atoms with E-state index in [1.54, 1.807) is 4.90 Å². The zero-order valence-corrected chi connectivity index (χ0v) is 7.40. The van der Waals surface area contributed by atoms with Crippen molar-refractivity contribution in [2.75, 3.05) is 6.61 Å². The Hall–Kier alpha value is -0.770. The molecule has 0 aromatic heterocycles. The van der Waals surface area contributed by atoms with Crippen molar-refractivity contribution in [1.82, 2.24) is 4.90 Å². The van der Waals surface area contributed by atoms with Gasteiger partial charge in [-0.3, -0.25) is 0 Å². The Morgan fingerprint density at radius 3 is 2.31 bits per heavy atom. The minimum absolute atomic E-state index is 0.0950. The van der Waals surface area contributed by atoms with Crippen molar-refractivity contribution < 1.29 is 14.6 Å². The Balaban J connectivity index is 1.85. The number of amides is 1. The first-order valence-electron chi connectivity index (χ1n) is 4.85. The van der Waals surface area contributed by atoms with Crippen LogP contribution in [0, 0.1) is 0 Å². The minimum Gasteiger partial charge on any atom is -0.465 e. The summed E-state index contributed by atoms with van der Waals surface area (Å²) in [4.78, 5) is 12.6. The van der Waals surface area contributed by atoms with Gasteiger partial charge in [0.05, 0.1) is 12.2 Å². The van der Waals surface area contributed by atoms with E-state index < -0.39 is 6.09 Å². The summed E-state index contributed by atoms with van der Waals surface area (Å²) in [6.45, 7) is 0.855. The normalized spacial score (nSPS) is 46.9. The largest absolute Gasteiger partial charge is 0.465 e. The van der Waals surface area contributed by atoms with Gasteiger partial charge in [-0.05, 0) is 25.7 Å². The van der Waals surface area contributed by atoms with E-state index in [1.807, 2.05) is 0 Å². The second kappa shape index (κ2) is 2.18. The predicted octanol–water partition coefficient (Wildman–Crippen LogP) is 1.06. The molecule has 1 amide bonds. The van der Waals surface area contributed by atoms with Crippen molar-refractivity contribution in [2.45, 2.75) is 43.4 Å². The van der Waals surface area contributed by atoms with E-state index in [2.05, 4.69) is 0 Å². The van der Waals surface area contributed by atoms with Crippen molar-refractivity contribution in [2.24, 2.45) is 0 Å². The van der Waals surface area contributed by atoms with Crippen molar-refractivity contribution in [3.63, 3.8) is 0 Å². The molecule has 0 radical (unpaired) electrons. The summed E-state index contributed by atoms with van der Waals surface area (Å²) in [5, 5.41) is 8.99. The van der Waals surface area contributed by atoms with Gasteiger partial charge >= 0.3 is 6.09 Å². The Kier molecular flexibility index (Phi) is 1.28. The van der Waals surface area contributed by atoms with E-state index in [-0.39, 0.29) is 17.7 Å². The van der Waals surface area contributed by atoms with Crippen molar-refractivity contribution in [3.05, 3.63) is 0 Å². The first kappa shape index (κ1) is 7.62. The molecule has 0 aliphatic carbocycles. The van der Waals surface area contributed by atoms with Crippen LogP contribution in [0.3, 0.4) is 0 Å². The van der Waals surface area contributed by atoms with Gasteiger partial charge in [0, 0.05) is 12.1 Å². The van der Waals surface area contributed by atoms with E-state index in [0.29, 0.717) is 0 Å². The molecule has 72 valence electrons. The zero-order chi connectivity index (χ0) is 9.05. The topological polar surface area (TPSA) is 53.1 Å². The molecule has 4 heteroatoms. The molecule has 13 heavy (non-hydrogen) atoms. The van der Waals surface area contributed by atoms with Gasteiger partial charge in [0.15, 0.2) is 0 Å². The predicted molar refractivity (Wildman–Crippen MR) is 44.6 cm³/mol. The molecule has 3 aliphatic heterocycles. The highest BCUT2D eigenvalue weighted by atomic mass is 16.6. The molecule has 3 aliphatic rings. The third-order valence-electron chi connectivity index (χ3n) is 3.61. The summed E-state index contributed by atoms with van der Waals surface area (Å²) in [5.74, 6) is 0. The molecule has 0 unspecified atom stereocenters. The molecular weight excluding hydrogens is 170 g/mol. The van der Waals surface area contributed by atoms with E-state index in [0.717, 1.165) is 32.3 Å². The average molecular weight is 183 g/mol. The molecule has 3 saturated heterocycles. The number of ether oxygens (including phenoxy) is 1. The van der Waals surface area contributed by atoms with Gasteiger partial charge in [-0.15, -0.1) is 0 Å². The second-order valence-electron chi connectivity index (χ2n) is 4.45. The SMILES string of the molecule is O=C(O)N1[C@@H]2CC[C@H]1C[C@@]1(CO1)C2. The summed E-state index contributed by atoms with van der Waals surface area (Å²) < 4.78 is 5.43. The fourth-order valence-electron chi connectivity index (χ4n) is 2.95. The summed E-state index contributed by atoms with van der Waals surface area (Å²) >= 11 is 0. The van der Waals surface area contributed by atoms with Crippen molar-refractivity contribution >= 4 is 6.09 Å². The van der Waals surface area contributed by atoms with E-state index in [9.17, 15) is 4.79 Å². The molecule has 4 nitrogen and oxygen atoms in total. The Labute approximate surface area is 76.5 Å². The highest BCUT2D eigenvalue weighted by Crippen LogP contribution is 2.48. The molecule has 2 bridgehead atoms. The lowest BCUT2D eigenvalue weighted by molar-refractivity contribution is 0.0719. The van der Waals surface area contributed by atoms with Crippen LogP contribution in [0.1, 0.15) is 25.7 Å². The molecule has 1 spiro atoms. The third kappa shape index (κ3) is 0.981. The van der Waals surface area contributed by atoms with Crippen LogP contribution in [0.25, 0.3) is 0 Å². The van der Waals surface area contributed by atoms with Gasteiger partial charge in [0.25, 0.3) is 0 Å². The fourth-order valence-corrected chi connectivity index (χ4v) is 2.95. The van der Waals surface area contributed by atoms with Crippen molar-refractivity contribution in [1.29, 1.82) is 0 Å². The van der Waals surface area contributed by atoms with Crippen molar-refractivity contribution in [3.8, 4) is 0 Å². The number of fused-ring (bicyclic) bond motifs is 2. The van der Waals surface area contributed by atoms with Crippen LogP contribution in [0.2, 0.25) is 0 Å². The number of piperidine rings is 1. The number of carbonyl (C=O) groups is 1. The molecule has 3 fully saturated rings. The summed E-state index contributed by atoms with van der Waals surface area (Å²) in [5.41, 5.74) is 0.0950. The minimum atomic E-state index is -0.747. The molecular formula is C9H13NO3. The summed E-state index contributed by atoms with van der Waals surface area (Å²) in [6, 6.07) is 0.470. The fraction of sp³-hybridized carbons (Fsp3) is 0.889. The third-order valence-corrected chi connectivity index (χ3v) is 3.61. The van der Waals surface area contributed by atoms with Gasteiger partial charge in [0.1, 0.15) is 0 Å². The molecule has 0 aromatic carbocycles. The summed E-state index contributed by atoms with van der Waals surface area (Å²) in [6.07, 6.45) is 3.17. The lowest BCUT2D eigenvalue weighted by atomic mass is 9.91. The van der Waals surface area contributed by atoms with Gasteiger partial charge in [-0.2, -0.15) is 0 Å². The zero-order valence-electron chi connectivity index (χ0n) is 7.40. The Morgan fingerprint density at radius 2 is 1.92 bits per heavy atom. The molecule has 0 saturated carbocycles. The average Bonchev–Trinajstić information content (AvgIpc) is 2.73. The number of epoxide rings is 1.